The Bertz CT molecular complexity index is 361. The lowest BCUT2D eigenvalue weighted by Gasteiger charge is -2.08. The maximum atomic E-state index is 11.5. The number of thiophene rings is 1. The van der Waals surface area contributed by atoms with Gasteiger partial charge in [-0.25, -0.2) is 0 Å². The molecule has 5 heteroatoms. The second-order valence-electron chi connectivity index (χ2n) is 4.09. The van der Waals surface area contributed by atoms with E-state index in [-0.39, 0.29) is 17.9 Å². The summed E-state index contributed by atoms with van der Waals surface area (Å²) in [7, 11) is 0. The van der Waals surface area contributed by atoms with Crippen LogP contribution in [0.5, 0.6) is 0 Å². The van der Waals surface area contributed by atoms with Gasteiger partial charge in [-0.3, -0.25) is 9.59 Å². The molecule has 1 rings (SSSR count). The van der Waals surface area contributed by atoms with Gasteiger partial charge in [-0.1, -0.05) is 0 Å². The smallest absolute Gasteiger partial charge is 0.252 e. The highest BCUT2D eigenvalue weighted by atomic mass is 32.1. The van der Waals surface area contributed by atoms with Crippen molar-refractivity contribution in [2.75, 3.05) is 6.54 Å². The highest BCUT2D eigenvalue weighted by Crippen LogP contribution is 2.05. The predicted octanol–water partition coefficient (Wildman–Crippen LogP) is 1.78. The molecule has 94 valence electrons. The van der Waals surface area contributed by atoms with E-state index in [9.17, 15) is 9.59 Å². The van der Waals surface area contributed by atoms with Crippen molar-refractivity contribution in [1.82, 2.24) is 10.6 Å². The molecule has 0 radical (unpaired) electrons. The lowest BCUT2D eigenvalue weighted by Crippen LogP contribution is -2.31. The SMILES string of the molecule is CC(C)NC(=O)CCCNC(=O)c1ccsc1. The predicted molar refractivity (Wildman–Crippen MR) is 69.2 cm³/mol. The Morgan fingerprint density at radius 3 is 2.76 bits per heavy atom. The van der Waals surface area contributed by atoms with Gasteiger partial charge in [0.05, 0.1) is 0 Å². The van der Waals surface area contributed by atoms with Gasteiger partial charge < -0.3 is 10.6 Å². The minimum absolute atomic E-state index is 0.0322. The molecule has 0 atom stereocenters. The Balaban J connectivity index is 2.12. The molecule has 4 nitrogen and oxygen atoms in total. The van der Waals surface area contributed by atoms with Gasteiger partial charge in [-0.15, -0.1) is 0 Å². The molecule has 1 aromatic rings. The molecule has 0 unspecified atom stereocenters. The van der Waals surface area contributed by atoms with Crippen LogP contribution in [0.25, 0.3) is 0 Å². The summed E-state index contributed by atoms with van der Waals surface area (Å²) in [5.41, 5.74) is 0.682. The zero-order valence-corrected chi connectivity index (χ0v) is 11.0. The first-order valence-electron chi connectivity index (χ1n) is 5.69. The van der Waals surface area contributed by atoms with Crippen LogP contribution in [0.4, 0.5) is 0 Å². The molecule has 2 amide bonds. The molecular formula is C12H18N2O2S. The maximum absolute atomic E-state index is 11.5. The van der Waals surface area contributed by atoms with E-state index in [1.807, 2.05) is 19.2 Å². The number of carbonyl (C=O) groups is 2. The first kappa shape index (κ1) is 13.7. The maximum Gasteiger partial charge on any atom is 0.252 e. The van der Waals surface area contributed by atoms with Crippen molar-refractivity contribution in [3.8, 4) is 0 Å². The summed E-state index contributed by atoms with van der Waals surface area (Å²) >= 11 is 1.49. The number of hydrogen-bond acceptors (Lipinski definition) is 3. The van der Waals surface area contributed by atoms with Gasteiger partial charge in [0.25, 0.3) is 5.91 Å². The van der Waals surface area contributed by atoms with Gasteiger partial charge in [0.1, 0.15) is 0 Å². The third-order valence-corrected chi connectivity index (χ3v) is 2.78. The monoisotopic (exact) mass is 254 g/mol. The summed E-state index contributed by atoms with van der Waals surface area (Å²) in [5.74, 6) is -0.0414. The topological polar surface area (TPSA) is 58.2 Å². The normalized spacial score (nSPS) is 10.3. The molecule has 17 heavy (non-hydrogen) atoms. The molecule has 0 fully saturated rings. The van der Waals surface area contributed by atoms with Crippen LogP contribution in [0, 0.1) is 0 Å². The fourth-order valence-corrected chi connectivity index (χ4v) is 1.98. The van der Waals surface area contributed by atoms with Gasteiger partial charge in [0.2, 0.25) is 5.91 Å². The van der Waals surface area contributed by atoms with Crippen molar-refractivity contribution in [1.29, 1.82) is 0 Å². The van der Waals surface area contributed by atoms with E-state index in [1.165, 1.54) is 11.3 Å². The molecule has 0 saturated heterocycles. The average molecular weight is 254 g/mol. The number of nitrogens with one attached hydrogen (secondary N) is 2. The Hall–Kier alpha value is -1.36. The number of carbonyl (C=O) groups excluding carboxylic acids is 2. The third-order valence-electron chi connectivity index (χ3n) is 2.10. The van der Waals surface area contributed by atoms with Crippen LogP contribution in [0.2, 0.25) is 0 Å². The molecule has 0 bridgehead atoms. The summed E-state index contributed by atoms with van der Waals surface area (Å²) in [4.78, 5) is 22.8. The van der Waals surface area contributed by atoms with Crippen molar-refractivity contribution in [2.45, 2.75) is 32.7 Å². The largest absolute Gasteiger partial charge is 0.354 e. The van der Waals surface area contributed by atoms with E-state index in [0.29, 0.717) is 24.9 Å². The zero-order valence-electron chi connectivity index (χ0n) is 10.2. The Labute approximate surface area is 105 Å². The first-order chi connectivity index (χ1) is 8.09. The number of rotatable bonds is 6. The van der Waals surface area contributed by atoms with Crippen LogP contribution < -0.4 is 10.6 Å². The van der Waals surface area contributed by atoms with E-state index in [1.54, 1.807) is 11.4 Å². The van der Waals surface area contributed by atoms with Crippen LogP contribution in [-0.2, 0) is 4.79 Å². The van der Waals surface area contributed by atoms with Crippen LogP contribution in [0.3, 0.4) is 0 Å². The molecule has 0 aliphatic rings. The Morgan fingerprint density at radius 1 is 1.41 bits per heavy atom. The number of hydrogen-bond donors (Lipinski definition) is 2. The van der Waals surface area contributed by atoms with E-state index >= 15 is 0 Å². The van der Waals surface area contributed by atoms with Crippen LogP contribution in [-0.4, -0.2) is 24.4 Å². The zero-order chi connectivity index (χ0) is 12.7. The fraction of sp³-hybridized carbons (Fsp3) is 0.500. The molecule has 0 aromatic carbocycles. The third kappa shape index (κ3) is 5.49. The average Bonchev–Trinajstić information content (AvgIpc) is 2.76. The van der Waals surface area contributed by atoms with Crippen LogP contribution >= 0.6 is 11.3 Å². The second-order valence-corrected chi connectivity index (χ2v) is 4.87. The van der Waals surface area contributed by atoms with E-state index in [2.05, 4.69) is 10.6 Å². The minimum atomic E-state index is -0.0736. The van der Waals surface area contributed by atoms with Crippen LogP contribution in [0.15, 0.2) is 16.8 Å². The highest BCUT2D eigenvalue weighted by Gasteiger charge is 2.06. The molecule has 0 aliphatic heterocycles. The summed E-state index contributed by atoms with van der Waals surface area (Å²) in [5, 5.41) is 9.26. The second kappa shape index (κ2) is 7.06. The van der Waals surface area contributed by atoms with Gasteiger partial charge >= 0.3 is 0 Å². The van der Waals surface area contributed by atoms with Gasteiger partial charge in [-0.2, -0.15) is 11.3 Å². The summed E-state index contributed by atoms with van der Waals surface area (Å²) < 4.78 is 0. The van der Waals surface area contributed by atoms with Crippen molar-refractivity contribution < 1.29 is 9.59 Å². The lowest BCUT2D eigenvalue weighted by molar-refractivity contribution is -0.121. The molecule has 0 saturated carbocycles. The molecule has 1 heterocycles. The lowest BCUT2D eigenvalue weighted by atomic mass is 10.2. The molecule has 2 N–H and O–H groups in total. The summed E-state index contributed by atoms with van der Waals surface area (Å²) in [6.07, 6.45) is 1.11. The molecule has 0 spiro atoms. The standard InChI is InChI=1S/C12H18N2O2S/c1-9(2)14-11(15)4-3-6-13-12(16)10-5-7-17-8-10/h5,7-9H,3-4,6H2,1-2H3,(H,13,16)(H,14,15). The van der Waals surface area contributed by atoms with E-state index in [4.69, 9.17) is 0 Å². The quantitative estimate of drug-likeness (QED) is 0.760. The van der Waals surface area contributed by atoms with Crippen molar-refractivity contribution >= 4 is 23.2 Å². The Morgan fingerprint density at radius 2 is 2.18 bits per heavy atom. The van der Waals surface area contributed by atoms with Gasteiger partial charge in [0, 0.05) is 30.0 Å². The van der Waals surface area contributed by atoms with E-state index in [0.717, 1.165) is 0 Å². The number of amides is 2. The Kier molecular flexibility index (Phi) is 5.69. The van der Waals surface area contributed by atoms with Crippen molar-refractivity contribution in [2.24, 2.45) is 0 Å². The summed E-state index contributed by atoms with van der Waals surface area (Å²) in [6, 6.07) is 1.95. The summed E-state index contributed by atoms with van der Waals surface area (Å²) in [6.45, 7) is 4.38. The van der Waals surface area contributed by atoms with Gasteiger partial charge in [0.15, 0.2) is 0 Å². The molecule has 1 aromatic heterocycles. The van der Waals surface area contributed by atoms with E-state index < -0.39 is 0 Å². The first-order valence-corrected chi connectivity index (χ1v) is 6.63. The van der Waals surface area contributed by atoms with Crippen LogP contribution in [0.1, 0.15) is 37.0 Å². The van der Waals surface area contributed by atoms with Crippen molar-refractivity contribution in [3.63, 3.8) is 0 Å². The highest BCUT2D eigenvalue weighted by molar-refractivity contribution is 7.08. The van der Waals surface area contributed by atoms with Crippen molar-refractivity contribution in [3.05, 3.63) is 22.4 Å². The minimum Gasteiger partial charge on any atom is -0.354 e. The molecular weight excluding hydrogens is 236 g/mol. The molecule has 0 aliphatic carbocycles. The fourth-order valence-electron chi connectivity index (χ4n) is 1.34. The van der Waals surface area contributed by atoms with Gasteiger partial charge in [-0.05, 0) is 31.7 Å².